The number of hydrogen-bond donors (Lipinski definition) is 0. The monoisotopic (exact) mass is 900 g/mol. The van der Waals surface area contributed by atoms with E-state index in [1.54, 1.807) is 0 Å². The molecular weight excluding hydrogens is 853 g/mol. The standard InChI is InChI=1S/C66H48N2O2/c1-64(2)49-34-40(28-30-43(49)55-51(64)36-47(52-23-15-16-32-67-52)62-57(55)45-20-10-13-24-53(45)69-62)68(39-27-26-37-17-7-8-18-38(37)33-39)41-29-31-44-50(35-41)66(5,6)60-56(44)58-46-21-11-14-25-54(46)70-63(58)59-42-19-9-12-22-48(42)65(3,4)61(59)60/h7-36H,1-6H3. The summed E-state index contributed by atoms with van der Waals surface area (Å²) in [5.74, 6) is 0. The first-order valence-corrected chi connectivity index (χ1v) is 24.6. The van der Waals surface area contributed by atoms with Gasteiger partial charge in [-0.1, -0.05) is 151 Å². The molecule has 0 amide bonds. The molecule has 0 saturated heterocycles. The Hall–Kier alpha value is -8.21. The smallest absolute Gasteiger partial charge is 0.145 e. The van der Waals surface area contributed by atoms with Crippen molar-refractivity contribution in [1.82, 2.24) is 4.98 Å². The van der Waals surface area contributed by atoms with Crippen LogP contribution in [-0.4, -0.2) is 4.98 Å². The molecule has 12 aromatic rings. The van der Waals surface area contributed by atoms with Crippen LogP contribution >= 0.6 is 0 Å². The minimum absolute atomic E-state index is 0.232. The summed E-state index contributed by atoms with van der Waals surface area (Å²) in [4.78, 5) is 7.34. The first-order valence-electron chi connectivity index (χ1n) is 24.6. The van der Waals surface area contributed by atoms with Crippen molar-refractivity contribution in [3.63, 3.8) is 0 Å². The van der Waals surface area contributed by atoms with Crippen LogP contribution in [0.5, 0.6) is 0 Å². The number of para-hydroxylation sites is 2. The van der Waals surface area contributed by atoms with Gasteiger partial charge in [-0.05, 0) is 139 Å². The molecule has 0 saturated carbocycles. The lowest BCUT2D eigenvalue weighted by Crippen LogP contribution is -2.24. The van der Waals surface area contributed by atoms with Gasteiger partial charge in [-0.15, -0.1) is 0 Å². The molecule has 0 spiro atoms. The fourth-order valence-corrected chi connectivity index (χ4v) is 13.4. The summed E-state index contributed by atoms with van der Waals surface area (Å²) in [5.41, 5.74) is 23.7. The van der Waals surface area contributed by atoms with E-state index in [4.69, 9.17) is 13.8 Å². The van der Waals surface area contributed by atoms with Gasteiger partial charge >= 0.3 is 0 Å². The summed E-state index contributed by atoms with van der Waals surface area (Å²) in [5, 5.41) is 7.08. The van der Waals surface area contributed by atoms with Gasteiger partial charge in [0.2, 0.25) is 0 Å². The Morgan fingerprint density at radius 1 is 0.386 bits per heavy atom. The third-order valence-corrected chi connectivity index (χ3v) is 16.6. The lowest BCUT2D eigenvalue weighted by molar-refractivity contribution is 0.600. The molecule has 4 heteroatoms. The molecule has 0 aliphatic heterocycles. The number of anilines is 3. The quantitative estimate of drug-likeness (QED) is 0.176. The highest BCUT2D eigenvalue weighted by molar-refractivity contribution is 6.21. The van der Waals surface area contributed by atoms with E-state index in [0.717, 1.165) is 61.4 Å². The highest BCUT2D eigenvalue weighted by Gasteiger charge is 2.49. The molecule has 70 heavy (non-hydrogen) atoms. The Bertz CT molecular complexity index is 4280. The summed E-state index contributed by atoms with van der Waals surface area (Å²) in [7, 11) is 0. The summed E-state index contributed by atoms with van der Waals surface area (Å²) in [6, 6.07) is 64.5. The first-order chi connectivity index (χ1) is 34.0. The maximum absolute atomic E-state index is 7.00. The lowest BCUT2D eigenvalue weighted by Gasteiger charge is -2.32. The minimum atomic E-state index is -0.336. The average Bonchev–Trinajstić information content (AvgIpc) is 4.13. The van der Waals surface area contributed by atoms with Crippen molar-refractivity contribution in [1.29, 1.82) is 0 Å². The molecule has 0 radical (unpaired) electrons. The zero-order chi connectivity index (χ0) is 47.0. The summed E-state index contributed by atoms with van der Waals surface area (Å²) >= 11 is 0. The van der Waals surface area contributed by atoms with E-state index in [2.05, 4.69) is 216 Å². The first kappa shape index (κ1) is 39.8. The highest BCUT2D eigenvalue weighted by Crippen LogP contribution is 2.64. The van der Waals surface area contributed by atoms with Gasteiger partial charge in [0.15, 0.2) is 0 Å². The van der Waals surface area contributed by atoms with Gasteiger partial charge < -0.3 is 13.7 Å². The third kappa shape index (κ3) is 5.03. The van der Waals surface area contributed by atoms with E-state index >= 15 is 0 Å². The van der Waals surface area contributed by atoms with E-state index in [9.17, 15) is 0 Å². The lowest BCUT2D eigenvalue weighted by atomic mass is 9.72. The fraction of sp³-hybridized carbons (Fsp3) is 0.136. The number of fused-ring (bicyclic) bond motifs is 20. The highest BCUT2D eigenvalue weighted by atomic mass is 16.3. The number of pyridine rings is 1. The van der Waals surface area contributed by atoms with Crippen LogP contribution in [0.25, 0.3) is 99.3 Å². The van der Waals surface area contributed by atoms with E-state index < -0.39 is 0 Å². The molecule has 3 aliphatic rings. The van der Waals surface area contributed by atoms with Crippen LogP contribution in [0.4, 0.5) is 17.1 Å². The molecule has 0 N–H and O–H groups in total. The molecule has 0 unspecified atom stereocenters. The van der Waals surface area contributed by atoms with Crippen LogP contribution in [-0.2, 0) is 16.2 Å². The van der Waals surface area contributed by atoms with Gasteiger partial charge in [0, 0.05) is 72.2 Å². The van der Waals surface area contributed by atoms with Crippen LogP contribution in [0.2, 0.25) is 0 Å². The summed E-state index contributed by atoms with van der Waals surface area (Å²) in [6.45, 7) is 14.5. The molecule has 3 aliphatic carbocycles. The normalized spacial score (nSPS) is 15.3. The van der Waals surface area contributed by atoms with Gasteiger partial charge in [-0.3, -0.25) is 4.98 Å². The number of nitrogens with zero attached hydrogens (tertiary/aromatic N) is 2. The van der Waals surface area contributed by atoms with Gasteiger partial charge in [0.25, 0.3) is 0 Å². The van der Waals surface area contributed by atoms with Crippen molar-refractivity contribution >= 4 is 71.7 Å². The van der Waals surface area contributed by atoms with E-state index in [0.29, 0.717) is 0 Å². The Labute approximate surface area is 406 Å². The van der Waals surface area contributed by atoms with E-state index in [1.165, 1.54) is 88.3 Å². The Morgan fingerprint density at radius 2 is 0.929 bits per heavy atom. The zero-order valence-electron chi connectivity index (χ0n) is 40.0. The Kier molecular flexibility index (Phi) is 7.68. The van der Waals surface area contributed by atoms with Crippen LogP contribution in [0, 0.1) is 0 Å². The van der Waals surface area contributed by atoms with Gasteiger partial charge in [-0.2, -0.15) is 0 Å². The van der Waals surface area contributed by atoms with Crippen LogP contribution < -0.4 is 4.90 Å². The second-order valence-corrected chi connectivity index (χ2v) is 21.4. The number of furan rings is 2. The molecule has 0 bridgehead atoms. The average molecular weight is 901 g/mol. The molecule has 3 heterocycles. The molecular formula is C66H48N2O2. The molecule has 0 atom stereocenters. The molecule has 0 fully saturated rings. The molecule has 3 aromatic heterocycles. The summed E-state index contributed by atoms with van der Waals surface area (Å²) < 4.78 is 13.8. The van der Waals surface area contributed by atoms with E-state index in [1.807, 2.05) is 12.3 Å². The number of rotatable bonds is 4. The number of benzene rings is 9. The van der Waals surface area contributed by atoms with Crippen LogP contribution in [0.3, 0.4) is 0 Å². The summed E-state index contributed by atoms with van der Waals surface area (Å²) in [6.07, 6.45) is 1.87. The molecule has 334 valence electrons. The zero-order valence-corrected chi connectivity index (χ0v) is 40.0. The predicted octanol–water partition coefficient (Wildman–Crippen LogP) is 18.1. The largest absolute Gasteiger partial charge is 0.455 e. The second-order valence-electron chi connectivity index (χ2n) is 21.4. The SMILES string of the molecule is CC1(C)c2cc(N(c3ccc4c(c3)C(C)(C)c3c5c(c6oc7ccccc7c6c3-4)-c3ccccc3C5(C)C)c3ccc4ccccc4c3)ccc2-c2c1cc(-c1ccccn1)c1oc3ccccc3c21. The number of hydrogen-bond acceptors (Lipinski definition) is 4. The van der Waals surface area contributed by atoms with Crippen molar-refractivity contribution < 1.29 is 8.83 Å². The fourth-order valence-electron chi connectivity index (χ4n) is 13.4. The van der Waals surface area contributed by atoms with Crippen molar-refractivity contribution in [2.24, 2.45) is 0 Å². The maximum atomic E-state index is 7.00. The predicted molar refractivity (Wildman–Crippen MR) is 289 cm³/mol. The Balaban J connectivity index is 0.965. The molecule has 4 nitrogen and oxygen atoms in total. The van der Waals surface area contributed by atoms with Gasteiger partial charge in [-0.25, -0.2) is 0 Å². The van der Waals surface area contributed by atoms with Crippen molar-refractivity contribution in [2.45, 2.75) is 57.8 Å². The topological polar surface area (TPSA) is 42.4 Å². The van der Waals surface area contributed by atoms with Gasteiger partial charge in [0.1, 0.15) is 22.3 Å². The van der Waals surface area contributed by atoms with Crippen LogP contribution in [0.15, 0.2) is 191 Å². The van der Waals surface area contributed by atoms with Crippen LogP contribution in [0.1, 0.15) is 74.9 Å². The van der Waals surface area contributed by atoms with E-state index in [-0.39, 0.29) is 16.2 Å². The van der Waals surface area contributed by atoms with Gasteiger partial charge in [0.05, 0.1) is 5.69 Å². The van der Waals surface area contributed by atoms with Crippen molar-refractivity contribution in [3.05, 3.63) is 216 Å². The maximum Gasteiger partial charge on any atom is 0.145 e. The van der Waals surface area contributed by atoms with Crippen molar-refractivity contribution in [2.75, 3.05) is 4.90 Å². The third-order valence-electron chi connectivity index (χ3n) is 16.6. The Morgan fingerprint density at radius 3 is 1.66 bits per heavy atom. The van der Waals surface area contributed by atoms with Crippen molar-refractivity contribution in [3.8, 4) is 44.6 Å². The second kappa shape index (κ2) is 13.5. The molecule has 15 rings (SSSR count). The number of aromatic nitrogens is 1. The minimum Gasteiger partial charge on any atom is -0.455 e. The molecule has 9 aromatic carbocycles.